The molecule has 11 heteroatoms. The van der Waals surface area contributed by atoms with Crippen molar-refractivity contribution in [3.8, 4) is 11.8 Å². The summed E-state index contributed by atoms with van der Waals surface area (Å²) >= 11 is 6.05. The van der Waals surface area contributed by atoms with E-state index in [1.54, 1.807) is 32.7 Å². The molecule has 5 rings (SSSR count). The van der Waals surface area contributed by atoms with E-state index >= 15 is 0 Å². The van der Waals surface area contributed by atoms with Crippen LogP contribution >= 0.6 is 11.6 Å². The van der Waals surface area contributed by atoms with Crippen LogP contribution in [0.15, 0.2) is 42.5 Å². The molecule has 3 atom stereocenters. The van der Waals surface area contributed by atoms with Crippen molar-refractivity contribution in [3.05, 3.63) is 81.1 Å². The molecule has 2 aromatic carbocycles. The predicted octanol–water partition coefficient (Wildman–Crippen LogP) is 5.37. The molecule has 3 heterocycles. The quantitative estimate of drug-likeness (QED) is 0.423. The van der Waals surface area contributed by atoms with E-state index in [0.717, 1.165) is 11.3 Å². The van der Waals surface area contributed by atoms with Gasteiger partial charge in [0.15, 0.2) is 0 Å². The van der Waals surface area contributed by atoms with Gasteiger partial charge in [-0.3, -0.25) is 14.3 Å². The van der Waals surface area contributed by atoms with Crippen molar-refractivity contribution in [1.29, 1.82) is 5.26 Å². The van der Waals surface area contributed by atoms with Gasteiger partial charge in [-0.1, -0.05) is 23.7 Å². The maximum atomic E-state index is 13.9. The lowest BCUT2D eigenvalue weighted by atomic mass is 9.96. The molecule has 39 heavy (non-hydrogen) atoms. The van der Waals surface area contributed by atoms with Crippen LogP contribution in [0.1, 0.15) is 76.1 Å². The fourth-order valence-corrected chi connectivity index (χ4v) is 5.47. The number of aromatic nitrogens is 2. The van der Waals surface area contributed by atoms with Crippen molar-refractivity contribution in [1.82, 2.24) is 19.6 Å². The fraction of sp³-hybridized carbons (Fsp3) is 0.357. The molecule has 0 N–H and O–H groups in total. The molecule has 1 aromatic heterocycles. The Bertz CT molecular complexity index is 1480. The zero-order valence-corrected chi connectivity index (χ0v) is 22.3. The van der Waals surface area contributed by atoms with Gasteiger partial charge in [-0.15, -0.1) is 0 Å². The van der Waals surface area contributed by atoms with E-state index in [9.17, 15) is 23.6 Å². The number of nitrogens with zero attached hydrogens (tertiary/aromatic N) is 5. The lowest BCUT2D eigenvalue weighted by Gasteiger charge is -2.37. The van der Waals surface area contributed by atoms with Crippen LogP contribution in [0.4, 0.5) is 8.78 Å². The van der Waals surface area contributed by atoms with Gasteiger partial charge in [0.25, 0.3) is 11.8 Å². The van der Waals surface area contributed by atoms with Gasteiger partial charge < -0.3 is 14.5 Å². The number of fused-ring (bicyclic) bond motifs is 3. The molecule has 0 fully saturated rings. The van der Waals surface area contributed by atoms with Gasteiger partial charge in [0, 0.05) is 30.1 Å². The third-order valence-corrected chi connectivity index (χ3v) is 7.76. The second kappa shape index (κ2) is 10.3. The van der Waals surface area contributed by atoms with Crippen molar-refractivity contribution < 1.29 is 23.1 Å². The zero-order chi connectivity index (χ0) is 28.0. The van der Waals surface area contributed by atoms with Gasteiger partial charge in [-0.2, -0.15) is 19.1 Å². The minimum Gasteiger partial charge on any atom is -0.435 e. The first-order valence-electron chi connectivity index (χ1n) is 12.6. The highest BCUT2D eigenvalue weighted by Crippen LogP contribution is 2.35. The number of carbonyl (C=O) groups excluding carboxylic acids is 2. The van der Waals surface area contributed by atoms with E-state index < -0.39 is 6.61 Å². The summed E-state index contributed by atoms with van der Waals surface area (Å²) in [7, 11) is 0. The molecule has 2 aliphatic rings. The van der Waals surface area contributed by atoms with Crippen LogP contribution in [0.3, 0.4) is 0 Å². The number of carbonyl (C=O) groups is 2. The van der Waals surface area contributed by atoms with Crippen molar-refractivity contribution in [3.63, 3.8) is 0 Å². The Morgan fingerprint density at radius 2 is 1.90 bits per heavy atom. The Morgan fingerprint density at radius 3 is 2.56 bits per heavy atom. The molecular formula is C28H26ClF2N5O3. The normalized spacial score (nSPS) is 19.4. The topological polar surface area (TPSA) is 91.5 Å². The number of benzene rings is 2. The van der Waals surface area contributed by atoms with Crippen molar-refractivity contribution in [2.24, 2.45) is 0 Å². The molecule has 0 saturated heterocycles. The number of hydrogen-bond donors (Lipinski definition) is 0. The van der Waals surface area contributed by atoms with Crippen LogP contribution in [0.25, 0.3) is 0 Å². The molecule has 0 bridgehead atoms. The van der Waals surface area contributed by atoms with Gasteiger partial charge in [-0.25, -0.2) is 0 Å². The number of halogens is 3. The van der Waals surface area contributed by atoms with E-state index in [0.29, 0.717) is 29.8 Å². The summed E-state index contributed by atoms with van der Waals surface area (Å²) in [6.45, 7) is 3.51. The number of amides is 2. The summed E-state index contributed by atoms with van der Waals surface area (Å²) in [6, 6.07) is 12.3. The summed E-state index contributed by atoms with van der Waals surface area (Å²) in [6.07, 6.45) is 0.487. The molecule has 0 aliphatic carbocycles. The first kappa shape index (κ1) is 26.6. The Kier molecular flexibility index (Phi) is 7.03. The molecule has 0 saturated carbocycles. The molecule has 0 radical (unpaired) electrons. The third-order valence-electron chi connectivity index (χ3n) is 7.43. The van der Waals surface area contributed by atoms with Crippen LogP contribution < -0.4 is 4.74 Å². The monoisotopic (exact) mass is 553 g/mol. The van der Waals surface area contributed by atoms with Crippen LogP contribution in [0.5, 0.6) is 5.75 Å². The highest BCUT2D eigenvalue weighted by molar-refractivity contribution is 6.31. The molecule has 202 valence electrons. The van der Waals surface area contributed by atoms with Gasteiger partial charge in [0.05, 0.1) is 34.9 Å². The average molecular weight is 554 g/mol. The average Bonchev–Trinajstić information content (AvgIpc) is 3.29. The summed E-state index contributed by atoms with van der Waals surface area (Å²) < 4.78 is 31.3. The lowest BCUT2D eigenvalue weighted by Crippen LogP contribution is -2.45. The van der Waals surface area contributed by atoms with Crippen LogP contribution in [-0.2, 0) is 13.0 Å². The predicted molar refractivity (Wildman–Crippen MR) is 139 cm³/mol. The summed E-state index contributed by atoms with van der Waals surface area (Å²) in [4.78, 5) is 30.8. The molecule has 2 amide bonds. The molecule has 2 aliphatic heterocycles. The van der Waals surface area contributed by atoms with Crippen LogP contribution in [0, 0.1) is 11.3 Å². The van der Waals surface area contributed by atoms with Crippen molar-refractivity contribution in [2.75, 3.05) is 6.54 Å². The maximum Gasteiger partial charge on any atom is 0.387 e. The van der Waals surface area contributed by atoms with Gasteiger partial charge in [0.2, 0.25) is 0 Å². The second-order valence-electron chi connectivity index (χ2n) is 9.94. The lowest BCUT2D eigenvalue weighted by molar-refractivity contribution is -0.0498. The first-order valence-corrected chi connectivity index (χ1v) is 12.9. The number of hydrogen-bond acceptors (Lipinski definition) is 5. The van der Waals surface area contributed by atoms with Gasteiger partial charge >= 0.3 is 6.61 Å². The first-order chi connectivity index (χ1) is 18.6. The zero-order valence-electron chi connectivity index (χ0n) is 21.6. The SMILES string of the molecule is C[C@@H]1Cc2nn3c(c2CN1C(=O)c1ccc(Cl)c(C#N)c1)C(=O)N([C@@H](C)c1ccc(OC(F)F)cc1)C[C@@H]3C. The molecule has 8 nitrogen and oxygen atoms in total. The van der Waals surface area contributed by atoms with E-state index in [2.05, 4.69) is 4.74 Å². The second-order valence-corrected chi connectivity index (χ2v) is 10.3. The van der Waals surface area contributed by atoms with Crippen molar-refractivity contribution >= 4 is 23.4 Å². The minimum absolute atomic E-state index is 0.0490. The van der Waals surface area contributed by atoms with Crippen LogP contribution in [0.2, 0.25) is 5.02 Å². The van der Waals surface area contributed by atoms with E-state index in [1.165, 1.54) is 24.3 Å². The minimum atomic E-state index is -2.91. The largest absolute Gasteiger partial charge is 0.435 e. The molecular weight excluding hydrogens is 528 g/mol. The Balaban J connectivity index is 1.43. The summed E-state index contributed by atoms with van der Waals surface area (Å²) in [5.41, 5.74) is 3.30. The van der Waals surface area contributed by atoms with Gasteiger partial charge in [0.1, 0.15) is 17.5 Å². The Labute approximate surface area is 229 Å². The molecule has 0 unspecified atom stereocenters. The summed E-state index contributed by atoms with van der Waals surface area (Å²) in [5.74, 6) is -0.413. The van der Waals surface area contributed by atoms with Crippen LogP contribution in [-0.4, -0.2) is 50.6 Å². The molecule has 0 spiro atoms. The molecule has 3 aromatic rings. The van der Waals surface area contributed by atoms with E-state index in [4.69, 9.17) is 16.7 Å². The highest BCUT2D eigenvalue weighted by Gasteiger charge is 2.40. The third kappa shape index (κ3) is 4.83. The number of ether oxygens (including phenoxy) is 1. The number of rotatable bonds is 5. The standard InChI is InChI=1S/C28H26ClF2N5O3/c1-15-10-24-22(14-34(15)26(37)19-6-9-23(29)20(11-19)12-32)25-27(38)35(13-16(2)36(25)33-24)17(3)18-4-7-21(8-5-18)39-28(30)31/h4-9,11,15-17,28H,10,13-14H2,1-3H3/t15-,16+,17+/m1/s1. The highest BCUT2D eigenvalue weighted by atomic mass is 35.5. The summed E-state index contributed by atoms with van der Waals surface area (Å²) in [5, 5.41) is 14.4. The van der Waals surface area contributed by atoms with Crippen molar-refractivity contribution in [2.45, 2.75) is 58.5 Å². The number of nitriles is 1. The smallest absolute Gasteiger partial charge is 0.387 e. The maximum absolute atomic E-state index is 13.9. The van der Waals surface area contributed by atoms with E-state index in [-0.39, 0.29) is 52.8 Å². The van der Waals surface area contributed by atoms with Gasteiger partial charge in [-0.05, 0) is 56.7 Å². The van der Waals surface area contributed by atoms with E-state index in [1.807, 2.05) is 26.8 Å². The fourth-order valence-electron chi connectivity index (χ4n) is 5.31. The Morgan fingerprint density at radius 1 is 1.18 bits per heavy atom. The number of alkyl halides is 2. The Hall–Kier alpha value is -3.97.